The van der Waals surface area contributed by atoms with Gasteiger partial charge in [0.1, 0.15) is 18.1 Å². The molecule has 0 saturated carbocycles. The molecule has 0 fully saturated rings. The number of halogens is 1. The minimum absolute atomic E-state index is 0.00583. The first kappa shape index (κ1) is 20.0. The summed E-state index contributed by atoms with van der Waals surface area (Å²) in [7, 11) is 1.47. The summed E-state index contributed by atoms with van der Waals surface area (Å²) >= 11 is 0. The fourth-order valence-corrected chi connectivity index (χ4v) is 2.60. The number of benzene rings is 2. The number of aryl methyl sites for hydroxylation is 1. The average Bonchev–Trinajstić information content (AvgIpc) is 2.71. The molecule has 0 amide bonds. The van der Waals surface area contributed by atoms with Crippen LogP contribution in [-0.4, -0.2) is 33.4 Å². The Balaban J connectivity index is 1.78. The number of aromatic nitrogens is 3. The van der Waals surface area contributed by atoms with Gasteiger partial charge in [0.25, 0.3) is 5.56 Å². The van der Waals surface area contributed by atoms with Crippen molar-refractivity contribution >= 4 is 5.97 Å². The van der Waals surface area contributed by atoms with Crippen LogP contribution in [0.2, 0.25) is 0 Å². The molecule has 0 spiro atoms. The van der Waals surface area contributed by atoms with E-state index in [1.165, 1.54) is 19.2 Å². The quantitative estimate of drug-likeness (QED) is 0.598. The normalized spacial score (nSPS) is 10.6. The maximum Gasteiger partial charge on any atom is 0.303 e. The Kier molecular flexibility index (Phi) is 6.18. The van der Waals surface area contributed by atoms with E-state index in [0.717, 1.165) is 0 Å². The van der Waals surface area contributed by atoms with Gasteiger partial charge in [0, 0.05) is 12.0 Å². The second kappa shape index (κ2) is 8.96. The van der Waals surface area contributed by atoms with Crippen LogP contribution < -0.4 is 15.0 Å². The van der Waals surface area contributed by atoms with Crippen LogP contribution in [0.5, 0.6) is 11.5 Å². The van der Waals surface area contributed by atoms with E-state index in [-0.39, 0.29) is 36.8 Å². The first-order valence-electron chi connectivity index (χ1n) is 8.69. The predicted octanol–water partition coefficient (Wildman–Crippen LogP) is 2.58. The lowest BCUT2D eigenvalue weighted by Gasteiger charge is -2.12. The Morgan fingerprint density at radius 2 is 2.00 bits per heavy atom. The van der Waals surface area contributed by atoms with E-state index >= 15 is 0 Å². The first-order chi connectivity index (χ1) is 14.0. The second-order valence-corrected chi connectivity index (χ2v) is 6.13. The van der Waals surface area contributed by atoms with Gasteiger partial charge < -0.3 is 19.6 Å². The third kappa shape index (κ3) is 5.16. The van der Waals surface area contributed by atoms with Crippen molar-refractivity contribution in [1.82, 2.24) is 15.2 Å². The number of hydrogen-bond donors (Lipinski definition) is 2. The van der Waals surface area contributed by atoms with Gasteiger partial charge in [-0.2, -0.15) is 0 Å². The van der Waals surface area contributed by atoms with Crippen molar-refractivity contribution in [3.63, 3.8) is 0 Å². The molecule has 1 aromatic heterocycles. The lowest BCUT2D eigenvalue weighted by molar-refractivity contribution is -0.136. The van der Waals surface area contributed by atoms with Crippen LogP contribution >= 0.6 is 0 Å². The highest BCUT2D eigenvalue weighted by Crippen LogP contribution is 2.31. The highest BCUT2D eigenvalue weighted by molar-refractivity contribution is 5.67. The van der Waals surface area contributed by atoms with E-state index in [1.54, 1.807) is 30.3 Å². The van der Waals surface area contributed by atoms with Gasteiger partial charge in [-0.25, -0.2) is 4.39 Å². The van der Waals surface area contributed by atoms with Crippen LogP contribution in [0.4, 0.5) is 4.39 Å². The molecule has 0 bridgehead atoms. The number of methoxy groups -OCH3 is 1. The Bertz CT molecular complexity index is 1080. The number of hydrogen-bond acceptors (Lipinski definition) is 6. The van der Waals surface area contributed by atoms with Crippen LogP contribution in [0.15, 0.2) is 47.3 Å². The Morgan fingerprint density at radius 3 is 2.69 bits per heavy atom. The van der Waals surface area contributed by atoms with E-state index in [2.05, 4.69) is 15.2 Å². The number of rotatable bonds is 8. The van der Waals surface area contributed by atoms with Crippen molar-refractivity contribution in [3.05, 3.63) is 69.9 Å². The molecule has 0 radical (unpaired) electrons. The molecule has 0 aliphatic heterocycles. The van der Waals surface area contributed by atoms with Gasteiger partial charge >= 0.3 is 5.97 Å². The molecule has 2 aromatic carbocycles. The van der Waals surface area contributed by atoms with E-state index < -0.39 is 11.5 Å². The Hall–Kier alpha value is -3.75. The van der Waals surface area contributed by atoms with Gasteiger partial charge in [-0.15, -0.1) is 10.2 Å². The summed E-state index contributed by atoms with van der Waals surface area (Å²) in [4.78, 5) is 25.3. The van der Waals surface area contributed by atoms with Gasteiger partial charge in [-0.3, -0.25) is 9.59 Å². The molecule has 1 heterocycles. The predicted molar refractivity (Wildman–Crippen MR) is 101 cm³/mol. The summed E-state index contributed by atoms with van der Waals surface area (Å²) in [6.45, 7) is 0.155. The number of carboxylic acid groups (broad SMARTS) is 1. The molecule has 2 N–H and O–H groups in total. The largest absolute Gasteiger partial charge is 0.493 e. The SMILES string of the molecule is COc1cc(-c2nnc(CCC(=O)O)c(=O)[nH]2)ccc1OCc1cccc(F)c1. The van der Waals surface area contributed by atoms with Gasteiger partial charge in [0.2, 0.25) is 0 Å². The van der Waals surface area contributed by atoms with E-state index in [9.17, 15) is 14.0 Å². The van der Waals surface area contributed by atoms with Crippen LogP contribution in [0.1, 0.15) is 17.7 Å². The number of nitrogens with one attached hydrogen (secondary N) is 1. The van der Waals surface area contributed by atoms with E-state index in [0.29, 0.717) is 22.6 Å². The standard InChI is InChI=1S/C20H18FN3O5/c1-28-17-10-13(19-22-20(27)15(23-24-19)6-8-18(25)26)5-7-16(17)29-11-12-3-2-4-14(21)9-12/h2-5,7,9-10H,6,8,11H2,1H3,(H,25,26)(H,22,24,27). The van der Waals surface area contributed by atoms with Gasteiger partial charge in [-0.1, -0.05) is 12.1 Å². The molecule has 0 unspecified atom stereocenters. The van der Waals surface area contributed by atoms with Crippen LogP contribution in [-0.2, 0) is 17.8 Å². The zero-order valence-corrected chi connectivity index (χ0v) is 15.5. The number of aliphatic carboxylic acids is 1. The number of H-pyrrole nitrogens is 1. The molecule has 150 valence electrons. The number of aromatic amines is 1. The summed E-state index contributed by atoms with van der Waals surface area (Å²) in [5, 5.41) is 16.5. The fraction of sp³-hybridized carbons (Fsp3) is 0.200. The van der Waals surface area contributed by atoms with E-state index in [1.807, 2.05) is 0 Å². The highest BCUT2D eigenvalue weighted by Gasteiger charge is 2.12. The van der Waals surface area contributed by atoms with Gasteiger partial charge in [-0.05, 0) is 35.9 Å². The minimum atomic E-state index is -1.02. The zero-order chi connectivity index (χ0) is 20.8. The second-order valence-electron chi connectivity index (χ2n) is 6.13. The van der Waals surface area contributed by atoms with Gasteiger partial charge in [0.15, 0.2) is 17.3 Å². The summed E-state index contributed by atoms with van der Waals surface area (Å²) in [5.74, 6) is -0.314. The summed E-state index contributed by atoms with van der Waals surface area (Å²) < 4.78 is 24.3. The van der Waals surface area contributed by atoms with Crippen molar-refractivity contribution in [2.45, 2.75) is 19.4 Å². The van der Waals surface area contributed by atoms with Crippen molar-refractivity contribution in [1.29, 1.82) is 0 Å². The zero-order valence-electron chi connectivity index (χ0n) is 15.5. The van der Waals surface area contributed by atoms with E-state index in [4.69, 9.17) is 14.6 Å². The minimum Gasteiger partial charge on any atom is -0.493 e. The molecule has 8 nitrogen and oxygen atoms in total. The van der Waals surface area contributed by atoms with Crippen molar-refractivity contribution in [2.24, 2.45) is 0 Å². The molecule has 0 aliphatic carbocycles. The molecular weight excluding hydrogens is 381 g/mol. The highest BCUT2D eigenvalue weighted by atomic mass is 19.1. The lowest BCUT2D eigenvalue weighted by Crippen LogP contribution is -2.18. The fourth-order valence-electron chi connectivity index (χ4n) is 2.60. The third-order valence-electron chi connectivity index (χ3n) is 4.06. The molecule has 29 heavy (non-hydrogen) atoms. The monoisotopic (exact) mass is 399 g/mol. The molecule has 3 rings (SSSR count). The maximum atomic E-state index is 13.3. The lowest BCUT2D eigenvalue weighted by atomic mass is 10.2. The van der Waals surface area contributed by atoms with Crippen LogP contribution in [0.25, 0.3) is 11.4 Å². The number of carboxylic acids is 1. The first-order valence-corrected chi connectivity index (χ1v) is 8.69. The van der Waals surface area contributed by atoms with Crippen molar-refractivity contribution < 1.29 is 23.8 Å². The smallest absolute Gasteiger partial charge is 0.303 e. The summed E-state index contributed by atoms with van der Waals surface area (Å²) in [6, 6.07) is 11.0. The molecule has 0 atom stereocenters. The Labute approximate surface area is 165 Å². The molecule has 0 saturated heterocycles. The molecular formula is C20H18FN3O5. The Morgan fingerprint density at radius 1 is 1.17 bits per heavy atom. The van der Waals surface area contributed by atoms with Gasteiger partial charge in [0.05, 0.1) is 13.5 Å². The summed E-state index contributed by atoms with van der Waals surface area (Å²) in [5.41, 5.74) is 0.762. The number of ether oxygens (including phenoxy) is 2. The number of carbonyl (C=O) groups is 1. The topological polar surface area (TPSA) is 114 Å². The summed E-state index contributed by atoms with van der Waals surface area (Å²) in [6.07, 6.45) is -0.212. The van der Waals surface area contributed by atoms with Crippen molar-refractivity contribution in [3.8, 4) is 22.9 Å². The molecule has 3 aromatic rings. The van der Waals surface area contributed by atoms with Crippen molar-refractivity contribution in [2.75, 3.05) is 7.11 Å². The average molecular weight is 399 g/mol. The maximum absolute atomic E-state index is 13.3. The number of nitrogens with zero attached hydrogens (tertiary/aromatic N) is 2. The molecule has 9 heteroatoms. The molecule has 0 aliphatic rings. The van der Waals surface area contributed by atoms with Crippen LogP contribution in [0, 0.1) is 5.82 Å². The third-order valence-corrected chi connectivity index (χ3v) is 4.06. The van der Waals surface area contributed by atoms with Crippen LogP contribution in [0.3, 0.4) is 0 Å².